The Kier molecular flexibility index (Phi) is 7.37. The fourth-order valence-corrected chi connectivity index (χ4v) is 4.74. The first kappa shape index (κ1) is 20.6. The zero-order valence-electron chi connectivity index (χ0n) is 16.7. The van der Waals surface area contributed by atoms with Gasteiger partial charge in [-0.05, 0) is 36.7 Å². The van der Waals surface area contributed by atoms with Crippen LogP contribution in [0.25, 0.3) is 0 Å². The van der Waals surface area contributed by atoms with Gasteiger partial charge in [-0.15, -0.1) is 0 Å². The van der Waals surface area contributed by atoms with Gasteiger partial charge in [-0.1, -0.05) is 64.4 Å². The fourth-order valence-electron chi connectivity index (χ4n) is 3.18. The van der Waals surface area contributed by atoms with Crippen LogP contribution < -0.4 is 10.0 Å². The van der Waals surface area contributed by atoms with Gasteiger partial charge in [0.25, 0.3) is 0 Å². The van der Waals surface area contributed by atoms with E-state index in [0.29, 0.717) is 8.58 Å². The maximum absolute atomic E-state index is 5.99. The van der Waals surface area contributed by atoms with Crippen molar-refractivity contribution < 1.29 is 9.47 Å². The van der Waals surface area contributed by atoms with Crippen molar-refractivity contribution in [1.82, 2.24) is 0 Å². The van der Waals surface area contributed by atoms with Crippen LogP contribution in [0.4, 0.5) is 0 Å². The number of aryl methyl sites for hydroxylation is 2. The van der Waals surface area contributed by atoms with Gasteiger partial charge in [-0.3, -0.25) is 4.99 Å². The number of aliphatic imine (C=N–C) groups is 1. The van der Waals surface area contributed by atoms with Gasteiger partial charge in [0.1, 0.15) is 5.75 Å². The topological polar surface area (TPSA) is 30.8 Å². The molecule has 0 fully saturated rings. The Morgan fingerprint density at radius 1 is 1.19 bits per heavy atom. The first-order valence-electron chi connectivity index (χ1n) is 8.98. The molecule has 0 amide bonds. The highest BCUT2D eigenvalue weighted by molar-refractivity contribution is 7.48. The van der Waals surface area contributed by atoms with Gasteiger partial charge in [-0.25, -0.2) is 0 Å². The van der Waals surface area contributed by atoms with E-state index in [0.717, 1.165) is 17.7 Å². The van der Waals surface area contributed by atoms with E-state index in [1.807, 2.05) is 13.3 Å². The molecule has 0 radical (unpaired) electrons. The number of benzene rings is 2. The molecule has 26 heavy (non-hydrogen) atoms. The Hall–Kier alpha value is -1.70. The molecule has 0 aliphatic carbocycles. The molecule has 2 aromatic carbocycles. The molecule has 4 heteroatoms. The summed E-state index contributed by atoms with van der Waals surface area (Å²) in [5, 5.41) is 1.32. The molecule has 2 aromatic rings. The average molecular weight is 371 g/mol. The molecular formula is C22H30NO2P. The van der Waals surface area contributed by atoms with E-state index in [9.17, 15) is 0 Å². The second kappa shape index (κ2) is 9.30. The first-order valence-corrected chi connectivity index (χ1v) is 9.98. The largest absolute Gasteiger partial charge is 0.467 e. The molecule has 2 unspecified atom stereocenters. The van der Waals surface area contributed by atoms with Gasteiger partial charge in [-0.2, -0.15) is 0 Å². The van der Waals surface area contributed by atoms with E-state index in [1.54, 1.807) is 7.11 Å². The van der Waals surface area contributed by atoms with Crippen LogP contribution in [0, 0.1) is 13.8 Å². The lowest BCUT2D eigenvalue weighted by Crippen LogP contribution is -2.22. The maximum atomic E-state index is 5.99. The summed E-state index contributed by atoms with van der Waals surface area (Å²) in [6.07, 6.45) is 2.97. The van der Waals surface area contributed by atoms with E-state index in [2.05, 4.69) is 69.1 Å². The summed E-state index contributed by atoms with van der Waals surface area (Å²) in [5.41, 5.74) is 4.87. The molecule has 0 aromatic heterocycles. The number of hydrogen-bond acceptors (Lipinski definition) is 3. The van der Waals surface area contributed by atoms with E-state index >= 15 is 0 Å². The Bertz CT molecular complexity index is 773. The smallest absolute Gasteiger partial charge is 0.188 e. The first-order chi connectivity index (χ1) is 12.4. The Morgan fingerprint density at radius 2 is 1.92 bits per heavy atom. The molecule has 2 atom stereocenters. The lowest BCUT2D eigenvalue weighted by Gasteiger charge is -2.32. The van der Waals surface area contributed by atoms with Crippen LogP contribution >= 0.6 is 8.58 Å². The fraction of sp³-hybridized carbons (Fsp3) is 0.409. The normalized spacial score (nSPS) is 14.2. The van der Waals surface area contributed by atoms with Crippen molar-refractivity contribution in [1.29, 1.82) is 0 Å². The van der Waals surface area contributed by atoms with Gasteiger partial charge in [0.15, 0.2) is 6.79 Å². The maximum Gasteiger partial charge on any atom is 0.188 e. The Labute approximate surface area is 159 Å². The SMILES string of the molecule is CCC(C)(Pc1ccccc1/C=N/C)c1cc(C)cc(C)c1OCOC. The molecule has 0 spiro atoms. The molecule has 140 valence electrons. The highest BCUT2D eigenvalue weighted by Crippen LogP contribution is 2.48. The molecule has 0 N–H and O–H groups in total. The summed E-state index contributed by atoms with van der Waals surface area (Å²) in [4.78, 5) is 4.22. The lowest BCUT2D eigenvalue weighted by molar-refractivity contribution is 0.0495. The zero-order valence-corrected chi connectivity index (χ0v) is 17.7. The third kappa shape index (κ3) is 4.72. The number of ether oxygens (including phenoxy) is 2. The lowest BCUT2D eigenvalue weighted by atomic mass is 9.92. The molecule has 0 aliphatic heterocycles. The van der Waals surface area contributed by atoms with Crippen molar-refractivity contribution in [3.8, 4) is 5.75 Å². The monoisotopic (exact) mass is 371 g/mol. The van der Waals surface area contributed by atoms with Gasteiger partial charge < -0.3 is 9.47 Å². The standard InChI is InChI=1S/C22H30NO2P/c1-7-22(4,26-20-11-9-8-10-18(20)14-23-5)19-13-16(2)12-17(3)21(19)25-15-24-6/h8-14,26H,7,15H2,1-6H3/b23-14+. The summed E-state index contributed by atoms with van der Waals surface area (Å²) >= 11 is 0. The van der Waals surface area contributed by atoms with Gasteiger partial charge in [0.05, 0.1) is 0 Å². The molecule has 0 saturated carbocycles. The molecule has 0 bridgehead atoms. The highest BCUT2D eigenvalue weighted by Gasteiger charge is 2.30. The van der Waals surface area contributed by atoms with E-state index in [4.69, 9.17) is 9.47 Å². The molecular weight excluding hydrogens is 341 g/mol. The number of rotatable bonds is 8. The Balaban J connectivity index is 2.52. The third-order valence-electron chi connectivity index (χ3n) is 4.68. The number of hydrogen-bond donors (Lipinski definition) is 0. The summed E-state index contributed by atoms with van der Waals surface area (Å²) in [6.45, 7) is 9.10. The Morgan fingerprint density at radius 3 is 2.58 bits per heavy atom. The van der Waals surface area contributed by atoms with Gasteiger partial charge in [0, 0.05) is 31.1 Å². The molecule has 0 saturated heterocycles. The second-order valence-electron chi connectivity index (χ2n) is 6.79. The van der Waals surface area contributed by atoms with E-state index < -0.39 is 0 Å². The molecule has 0 heterocycles. The van der Waals surface area contributed by atoms with Crippen molar-refractivity contribution in [2.45, 2.75) is 39.3 Å². The van der Waals surface area contributed by atoms with Crippen LogP contribution in [0.15, 0.2) is 41.4 Å². The quantitative estimate of drug-likeness (QED) is 0.373. The van der Waals surface area contributed by atoms with Crippen LogP contribution in [-0.2, 0) is 9.89 Å². The van der Waals surface area contributed by atoms with Gasteiger partial charge in [0.2, 0.25) is 0 Å². The minimum absolute atomic E-state index is 0.0163. The van der Waals surface area contributed by atoms with Crippen molar-refractivity contribution in [3.63, 3.8) is 0 Å². The predicted molar refractivity (Wildman–Crippen MR) is 114 cm³/mol. The number of nitrogens with zero attached hydrogens (tertiary/aromatic N) is 1. The predicted octanol–water partition coefficient (Wildman–Crippen LogP) is 4.96. The minimum Gasteiger partial charge on any atom is -0.467 e. The van der Waals surface area contributed by atoms with Crippen molar-refractivity contribution >= 4 is 20.1 Å². The van der Waals surface area contributed by atoms with Crippen molar-refractivity contribution in [3.05, 3.63) is 58.7 Å². The number of methoxy groups -OCH3 is 1. The summed E-state index contributed by atoms with van der Waals surface area (Å²) in [6, 6.07) is 13.0. The molecule has 0 aliphatic rings. The van der Waals surface area contributed by atoms with Gasteiger partial charge >= 0.3 is 0 Å². The highest BCUT2D eigenvalue weighted by atomic mass is 31.1. The molecule has 3 nitrogen and oxygen atoms in total. The summed E-state index contributed by atoms with van der Waals surface area (Å²) in [7, 11) is 4.09. The van der Waals surface area contributed by atoms with Crippen molar-refractivity contribution in [2.75, 3.05) is 21.0 Å². The van der Waals surface area contributed by atoms with Crippen molar-refractivity contribution in [2.24, 2.45) is 4.99 Å². The second-order valence-corrected chi connectivity index (χ2v) is 8.69. The molecule has 2 rings (SSSR count). The minimum atomic E-state index is -0.0163. The third-order valence-corrected chi connectivity index (χ3v) is 6.58. The summed E-state index contributed by atoms with van der Waals surface area (Å²) in [5.74, 6) is 0.955. The van der Waals surface area contributed by atoms with Crippen LogP contribution in [0.3, 0.4) is 0 Å². The summed E-state index contributed by atoms with van der Waals surface area (Å²) < 4.78 is 11.2. The van der Waals surface area contributed by atoms with Crippen LogP contribution in [0.2, 0.25) is 0 Å². The van der Waals surface area contributed by atoms with Crippen LogP contribution in [0.5, 0.6) is 5.75 Å². The zero-order chi connectivity index (χ0) is 19.2. The van der Waals surface area contributed by atoms with Crippen LogP contribution in [-0.4, -0.2) is 27.2 Å². The van der Waals surface area contributed by atoms with Crippen LogP contribution in [0.1, 0.15) is 42.5 Å². The van der Waals surface area contributed by atoms with E-state index in [-0.39, 0.29) is 11.9 Å². The average Bonchev–Trinajstić information content (AvgIpc) is 2.62. The van der Waals surface area contributed by atoms with E-state index in [1.165, 1.54) is 22.0 Å².